The maximum absolute atomic E-state index is 12.1. The highest BCUT2D eigenvalue weighted by molar-refractivity contribution is 7.99. The number of hydrogen-bond acceptors (Lipinski definition) is 4. The molecular weight excluding hydrogens is 358 g/mol. The van der Waals surface area contributed by atoms with E-state index in [1.165, 1.54) is 11.8 Å². The molecular formula is C19H20ClNO3S. The number of thioether (sulfide) groups is 1. The van der Waals surface area contributed by atoms with E-state index < -0.39 is 12.1 Å². The van der Waals surface area contributed by atoms with Gasteiger partial charge >= 0.3 is 5.97 Å². The predicted molar refractivity (Wildman–Crippen MR) is 102 cm³/mol. The van der Waals surface area contributed by atoms with Crippen molar-refractivity contribution in [2.45, 2.75) is 31.3 Å². The molecule has 2 aromatic carbocycles. The van der Waals surface area contributed by atoms with Gasteiger partial charge in [0.05, 0.1) is 6.42 Å². The highest BCUT2D eigenvalue weighted by Gasteiger charge is 2.17. The van der Waals surface area contributed by atoms with Gasteiger partial charge in [-0.1, -0.05) is 29.3 Å². The zero-order valence-electron chi connectivity index (χ0n) is 14.1. The average molecular weight is 378 g/mol. The third kappa shape index (κ3) is 6.80. The van der Waals surface area contributed by atoms with E-state index in [0.29, 0.717) is 16.5 Å². The number of carbonyl (C=O) groups is 2. The van der Waals surface area contributed by atoms with Crippen LogP contribution in [0.5, 0.6) is 0 Å². The second kappa shape index (κ2) is 9.49. The lowest BCUT2D eigenvalue weighted by Gasteiger charge is -2.13. The van der Waals surface area contributed by atoms with E-state index in [9.17, 15) is 9.59 Å². The maximum atomic E-state index is 12.1. The molecule has 0 heterocycles. The molecule has 0 aliphatic carbocycles. The molecule has 25 heavy (non-hydrogen) atoms. The van der Waals surface area contributed by atoms with Crippen LogP contribution in [0, 0.1) is 6.92 Å². The van der Waals surface area contributed by atoms with Gasteiger partial charge in [-0.15, -0.1) is 11.8 Å². The third-order valence-electron chi connectivity index (χ3n) is 3.39. The number of benzene rings is 2. The first-order valence-electron chi connectivity index (χ1n) is 7.89. The molecule has 4 nitrogen and oxygen atoms in total. The fraction of sp³-hybridized carbons (Fsp3) is 0.263. The summed E-state index contributed by atoms with van der Waals surface area (Å²) in [6.45, 7) is 3.53. The van der Waals surface area contributed by atoms with Crippen molar-refractivity contribution in [1.29, 1.82) is 0 Å². The Morgan fingerprint density at radius 1 is 1.12 bits per heavy atom. The Hall–Kier alpha value is -1.98. The molecule has 1 atom stereocenters. The van der Waals surface area contributed by atoms with E-state index in [0.717, 1.165) is 10.5 Å². The zero-order chi connectivity index (χ0) is 18.2. The Balaban J connectivity index is 1.72. The summed E-state index contributed by atoms with van der Waals surface area (Å²) in [5.74, 6) is -0.164. The minimum absolute atomic E-state index is 0.232. The monoisotopic (exact) mass is 377 g/mol. The maximum Gasteiger partial charge on any atom is 0.307 e. The number of esters is 1. The van der Waals surface area contributed by atoms with E-state index in [2.05, 4.69) is 5.32 Å². The number of nitrogens with one attached hydrogen (secondary N) is 1. The molecule has 1 amide bonds. The number of carbonyl (C=O) groups excluding carboxylic acids is 2. The summed E-state index contributed by atoms with van der Waals surface area (Å²) in [5.41, 5.74) is 1.78. The molecule has 6 heteroatoms. The number of ether oxygens (including phenoxy) is 1. The highest BCUT2D eigenvalue weighted by Crippen LogP contribution is 2.21. The number of anilines is 1. The minimum Gasteiger partial charge on any atom is -0.453 e. The SMILES string of the molecule is Cc1ccc(NC(=O)[C@H](C)OC(=O)CCSc2ccc(Cl)cc2)cc1. The third-order valence-corrected chi connectivity index (χ3v) is 4.65. The first-order chi connectivity index (χ1) is 11.9. The number of hydrogen-bond donors (Lipinski definition) is 1. The average Bonchev–Trinajstić information content (AvgIpc) is 2.58. The molecule has 0 radical (unpaired) electrons. The van der Waals surface area contributed by atoms with Crippen LogP contribution in [0.15, 0.2) is 53.4 Å². The Bertz CT molecular complexity index is 716. The molecule has 0 spiro atoms. The Morgan fingerprint density at radius 2 is 1.76 bits per heavy atom. The molecule has 0 aliphatic rings. The smallest absolute Gasteiger partial charge is 0.307 e. The molecule has 0 saturated heterocycles. The fourth-order valence-electron chi connectivity index (χ4n) is 1.97. The topological polar surface area (TPSA) is 55.4 Å². The molecule has 2 rings (SSSR count). The number of rotatable bonds is 7. The van der Waals surface area contributed by atoms with E-state index in [4.69, 9.17) is 16.3 Å². The van der Waals surface area contributed by atoms with Gasteiger partial charge in [-0.05, 0) is 50.2 Å². The molecule has 2 aromatic rings. The Kier molecular flexibility index (Phi) is 7.34. The molecule has 0 saturated carbocycles. The molecule has 0 bridgehead atoms. The van der Waals surface area contributed by atoms with Gasteiger partial charge in [-0.25, -0.2) is 0 Å². The Labute approximate surface area is 156 Å². The van der Waals surface area contributed by atoms with E-state index in [-0.39, 0.29) is 12.3 Å². The second-order valence-electron chi connectivity index (χ2n) is 5.54. The lowest BCUT2D eigenvalue weighted by atomic mass is 10.2. The van der Waals surface area contributed by atoms with Crippen LogP contribution in [0.3, 0.4) is 0 Å². The highest BCUT2D eigenvalue weighted by atomic mass is 35.5. The van der Waals surface area contributed by atoms with Crippen molar-refractivity contribution in [3.05, 3.63) is 59.1 Å². The van der Waals surface area contributed by atoms with E-state index >= 15 is 0 Å². The largest absolute Gasteiger partial charge is 0.453 e. The van der Waals surface area contributed by atoms with Crippen LogP contribution in [-0.2, 0) is 14.3 Å². The first-order valence-corrected chi connectivity index (χ1v) is 9.26. The van der Waals surface area contributed by atoms with E-state index in [1.54, 1.807) is 19.1 Å². The van der Waals surface area contributed by atoms with Crippen LogP contribution in [0.1, 0.15) is 18.9 Å². The number of aryl methyl sites for hydroxylation is 1. The van der Waals surface area contributed by atoms with Crippen LogP contribution in [0.4, 0.5) is 5.69 Å². The van der Waals surface area contributed by atoms with Crippen molar-refractivity contribution < 1.29 is 14.3 Å². The van der Waals surface area contributed by atoms with Crippen molar-refractivity contribution in [1.82, 2.24) is 0 Å². The molecule has 132 valence electrons. The van der Waals surface area contributed by atoms with Crippen LogP contribution < -0.4 is 5.32 Å². The minimum atomic E-state index is -0.839. The summed E-state index contributed by atoms with van der Waals surface area (Å²) in [7, 11) is 0. The van der Waals surface area contributed by atoms with Crippen LogP contribution >= 0.6 is 23.4 Å². The standard InChI is InChI=1S/C19H20ClNO3S/c1-13-3-7-16(8-4-13)21-19(23)14(2)24-18(22)11-12-25-17-9-5-15(20)6-10-17/h3-10,14H,11-12H2,1-2H3,(H,21,23)/t14-/m0/s1. The van der Waals surface area contributed by atoms with Gasteiger partial charge in [-0.3, -0.25) is 9.59 Å². The van der Waals surface area contributed by atoms with Gasteiger partial charge in [0.1, 0.15) is 0 Å². The van der Waals surface area contributed by atoms with Gasteiger partial charge in [0.25, 0.3) is 5.91 Å². The Morgan fingerprint density at radius 3 is 2.40 bits per heavy atom. The molecule has 1 N–H and O–H groups in total. The van der Waals surface area contributed by atoms with Crippen LogP contribution in [0.25, 0.3) is 0 Å². The van der Waals surface area contributed by atoms with Gasteiger partial charge in [0.2, 0.25) is 0 Å². The lowest BCUT2D eigenvalue weighted by molar-refractivity contribution is -0.152. The van der Waals surface area contributed by atoms with Gasteiger partial charge in [0, 0.05) is 21.4 Å². The zero-order valence-corrected chi connectivity index (χ0v) is 15.7. The normalized spacial score (nSPS) is 11.6. The second-order valence-corrected chi connectivity index (χ2v) is 7.14. The quantitative estimate of drug-likeness (QED) is 0.561. The molecule has 0 aromatic heterocycles. The van der Waals surface area contributed by atoms with Gasteiger partial charge < -0.3 is 10.1 Å². The van der Waals surface area contributed by atoms with Gasteiger partial charge in [0.15, 0.2) is 6.10 Å². The van der Waals surface area contributed by atoms with E-state index in [1.807, 2.05) is 43.3 Å². The van der Waals surface area contributed by atoms with Crippen molar-refractivity contribution in [3.8, 4) is 0 Å². The van der Waals surface area contributed by atoms with Crippen molar-refractivity contribution in [2.24, 2.45) is 0 Å². The van der Waals surface area contributed by atoms with Crippen LogP contribution in [-0.4, -0.2) is 23.7 Å². The lowest BCUT2D eigenvalue weighted by Crippen LogP contribution is -2.30. The number of amides is 1. The summed E-state index contributed by atoms with van der Waals surface area (Å²) in [6.07, 6.45) is -0.607. The van der Waals surface area contributed by atoms with Crippen molar-refractivity contribution in [2.75, 3.05) is 11.1 Å². The molecule has 0 unspecified atom stereocenters. The van der Waals surface area contributed by atoms with Crippen molar-refractivity contribution >= 4 is 40.9 Å². The predicted octanol–water partition coefficient (Wildman–Crippen LogP) is 4.70. The van der Waals surface area contributed by atoms with Gasteiger partial charge in [-0.2, -0.15) is 0 Å². The summed E-state index contributed by atoms with van der Waals surface area (Å²) in [4.78, 5) is 24.9. The summed E-state index contributed by atoms with van der Waals surface area (Å²) < 4.78 is 5.18. The van der Waals surface area contributed by atoms with Crippen molar-refractivity contribution in [3.63, 3.8) is 0 Å². The fourth-order valence-corrected chi connectivity index (χ4v) is 2.93. The molecule has 0 aliphatic heterocycles. The summed E-state index contributed by atoms with van der Waals surface area (Å²) in [5, 5.41) is 3.41. The molecule has 0 fully saturated rings. The van der Waals surface area contributed by atoms with Crippen LogP contribution in [0.2, 0.25) is 5.02 Å². The summed E-state index contributed by atoms with van der Waals surface area (Å²) in [6, 6.07) is 14.8. The number of halogens is 1. The first kappa shape index (κ1) is 19.3. The summed E-state index contributed by atoms with van der Waals surface area (Å²) >= 11 is 7.36.